The van der Waals surface area contributed by atoms with Gasteiger partial charge in [-0.25, -0.2) is 9.18 Å². The van der Waals surface area contributed by atoms with Crippen molar-refractivity contribution >= 4 is 17.6 Å². The third-order valence-corrected chi connectivity index (χ3v) is 2.32. The number of anilines is 1. The first-order valence-corrected chi connectivity index (χ1v) is 5.45. The summed E-state index contributed by atoms with van der Waals surface area (Å²) in [6.07, 6.45) is 0. The quantitative estimate of drug-likeness (QED) is 0.824. The molecule has 0 unspecified atom stereocenters. The van der Waals surface area contributed by atoms with Gasteiger partial charge in [0.15, 0.2) is 0 Å². The zero-order valence-electron chi connectivity index (χ0n) is 10.8. The minimum Gasteiger partial charge on any atom is -0.465 e. The summed E-state index contributed by atoms with van der Waals surface area (Å²) in [5.41, 5.74) is -0.405. The smallest absolute Gasteiger partial charge is 0.339 e. The topological polar surface area (TPSA) is 55.4 Å². The van der Waals surface area contributed by atoms with Crippen LogP contribution in [0.1, 0.15) is 31.1 Å². The number of halogens is 1. The van der Waals surface area contributed by atoms with E-state index < -0.39 is 17.2 Å². The van der Waals surface area contributed by atoms with E-state index >= 15 is 0 Å². The van der Waals surface area contributed by atoms with Crippen LogP contribution >= 0.6 is 0 Å². The molecule has 0 saturated heterocycles. The third kappa shape index (κ3) is 3.29. The van der Waals surface area contributed by atoms with E-state index in [9.17, 15) is 14.0 Å². The molecule has 1 aromatic rings. The monoisotopic (exact) mass is 253 g/mol. The van der Waals surface area contributed by atoms with Crippen molar-refractivity contribution in [2.24, 2.45) is 5.41 Å². The summed E-state index contributed by atoms with van der Waals surface area (Å²) >= 11 is 0. The Hall–Kier alpha value is -1.91. The number of hydrogen-bond donors (Lipinski definition) is 1. The number of ether oxygens (including phenoxy) is 1. The largest absolute Gasteiger partial charge is 0.465 e. The minimum absolute atomic E-state index is 0.113. The molecule has 18 heavy (non-hydrogen) atoms. The summed E-state index contributed by atoms with van der Waals surface area (Å²) in [6, 6.07) is 3.51. The molecule has 1 rings (SSSR count). The lowest BCUT2D eigenvalue weighted by Gasteiger charge is -2.18. The van der Waals surface area contributed by atoms with Crippen LogP contribution in [-0.4, -0.2) is 19.0 Å². The number of hydrogen-bond acceptors (Lipinski definition) is 3. The summed E-state index contributed by atoms with van der Waals surface area (Å²) < 4.78 is 17.7. The zero-order valence-corrected chi connectivity index (χ0v) is 10.8. The first-order chi connectivity index (χ1) is 8.25. The van der Waals surface area contributed by atoms with Crippen LogP contribution in [0.3, 0.4) is 0 Å². The van der Waals surface area contributed by atoms with Crippen molar-refractivity contribution in [3.8, 4) is 0 Å². The van der Waals surface area contributed by atoms with Gasteiger partial charge in [-0.15, -0.1) is 0 Å². The Morgan fingerprint density at radius 1 is 1.28 bits per heavy atom. The number of amides is 1. The van der Waals surface area contributed by atoms with Gasteiger partial charge in [-0.2, -0.15) is 0 Å². The van der Waals surface area contributed by atoms with Crippen LogP contribution in [0, 0.1) is 11.2 Å². The maximum atomic E-state index is 13.2. The zero-order chi connectivity index (χ0) is 13.9. The predicted molar refractivity (Wildman–Crippen MR) is 65.8 cm³/mol. The molecule has 0 aliphatic heterocycles. The number of esters is 1. The molecule has 0 aliphatic rings. The molecular weight excluding hydrogens is 237 g/mol. The first kappa shape index (κ1) is 14.2. The average Bonchev–Trinajstić information content (AvgIpc) is 2.27. The van der Waals surface area contributed by atoms with Gasteiger partial charge >= 0.3 is 5.97 Å². The Morgan fingerprint density at radius 3 is 2.39 bits per heavy atom. The lowest BCUT2D eigenvalue weighted by Crippen LogP contribution is -2.28. The van der Waals surface area contributed by atoms with E-state index in [-0.39, 0.29) is 17.2 Å². The van der Waals surface area contributed by atoms with Crippen molar-refractivity contribution in [1.82, 2.24) is 0 Å². The van der Waals surface area contributed by atoms with Gasteiger partial charge < -0.3 is 10.1 Å². The number of rotatable bonds is 2. The summed E-state index contributed by atoms with van der Waals surface area (Å²) in [5.74, 6) is -1.47. The normalized spacial score (nSPS) is 10.9. The number of carbonyl (C=O) groups excluding carboxylic acids is 2. The molecule has 0 spiro atoms. The molecule has 1 N–H and O–H groups in total. The van der Waals surface area contributed by atoms with Gasteiger partial charge in [-0.05, 0) is 18.2 Å². The number of methoxy groups -OCH3 is 1. The number of carbonyl (C=O) groups is 2. The number of nitrogens with one attached hydrogen (secondary N) is 1. The maximum Gasteiger partial charge on any atom is 0.339 e. The van der Waals surface area contributed by atoms with Crippen LogP contribution in [0.2, 0.25) is 0 Å². The summed E-state index contributed by atoms with van der Waals surface area (Å²) in [5, 5.41) is 2.53. The van der Waals surface area contributed by atoms with Gasteiger partial charge in [-0.3, -0.25) is 4.79 Å². The van der Waals surface area contributed by atoms with E-state index in [1.54, 1.807) is 20.8 Å². The Balaban J connectivity index is 3.11. The predicted octanol–water partition coefficient (Wildman–Crippen LogP) is 2.60. The van der Waals surface area contributed by atoms with E-state index in [1.807, 2.05) is 0 Å². The van der Waals surface area contributed by atoms with Crippen LogP contribution in [0.25, 0.3) is 0 Å². The van der Waals surface area contributed by atoms with Crippen LogP contribution in [-0.2, 0) is 9.53 Å². The van der Waals surface area contributed by atoms with Crippen molar-refractivity contribution in [1.29, 1.82) is 0 Å². The summed E-state index contributed by atoms with van der Waals surface area (Å²) in [6.45, 7) is 5.17. The average molecular weight is 253 g/mol. The highest BCUT2D eigenvalue weighted by Gasteiger charge is 2.23. The molecule has 0 fully saturated rings. The van der Waals surface area contributed by atoms with Crippen molar-refractivity contribution in [3.63, 3.8) is 0 Å². The molecule has 5 heteroatoms. The van der Waals surface area contributed by atoms with Crippen LogP contribution < -0.4 is 5.32 Å². The number of benzene rings is 1. The van der Waals surface area contributed by atoms with Crippen molar-refractivity contribution < 1.29 is 18.7 Å². The van der Waals surface area contributed by atoms with E-state index in [4.69, 9.17) is 0 Å². The molecule has 0 radical (unpaired) electrons. The highest BCUT2D eigenvalue weighted by molar-refractivity contribution is 6.02. The molecule has 0 atom stereocenters. The van der Waals surface area contributed by atoms with E-state index in [1.165, 1.54) is 13.2 Å². The van der Waals surface area contributed by atoms with Gasteiger partial charge in [0.1, 0.15) is 5.82 Å². The molecule has 4 nitrogen and oxygen atoms in total. The van der Waals surface area contributed by atoms with Gasteiger partial charge in [0.05, 0.1) is 18.4 Å². The van der Waals surface area contributed by atoms with Crippen LogP contribution in [0.5, 0.6) is 0 Å². The fourth-order valence-electron chi connectivity index (χ4n) is 1.22. The Labute approximate surface area is 105 Å². The minimum atomic E-state index is -0.639. The highest BCUT2D eigenvalue weighted by atomic mass is 19.1. The van der Waals surface area contributed by atoms with Crippen LogP contribution in [0.4, 0.5) is 10.1 Å². The SMILES string of the molecule is COC(=O)c1ccc(F)cc1NC(=O)C(C)(C)C. The molecule has 1 amide bonds. The first-order valence-electron chi connectivity index (χ1n) is 5.45. The molecular formula is C13H16FNO3. The van der Waals surface area contributed by atoms with Crippen molar-refractivity contribution in [2.45, 2.75) is 20.8 Å². The lowest BCUT2D eigenvalue weighted by atomic mass is 9.95. The van der Waals surface area contributed by atoms with E-state index in [0.29, 0.717) is 0 Å². The molecule has 0 aromatic heterocycles. The Kier molecular flexibility index (Phi) is 4.06. The molecule has 0 aliphatic carbocycles. The van der Waals surface area contributed by atoms with Gasteiger partial charge in [0.25, 0.3) is 0 Å². The van der Waals surface area contributed by atoms with Gasteiger partial charge in [0.2, 0.25) is 5.91 Å². The Morgan fingerprint density at radius 2 is 1.89 bits per heavy atom. The highest BCUT2D eigenvalue weighted by Crippen LogP contribution is 2.22. The molecule has 98 valence electrons. The van der Waals surface area contributed by atoms with Gasteiger partial charge in [-0.1, -0.05) is 20.8 Å². The maximum absolute atomic E-state index is 13.2. The van der Waals surface area contributed by atoms with Gasteiger partial charge in [0, 0.05) is 5.41 Å². The summed E-state index contributed by atoms with van der Waals surface area (Å²) in [4.78, 5) is 23.3. The Bertz CT molecular complexity index is 478. The third-order valence-electron chi connectivity index (χ3n) is 2.32. The second-order valence-electron chi connectivity index (χ2n) is 4.89. The summed E-state index contributed by atoms with van der Waals surface area (Å²) in [7, 11) is 1.22. The van der Waals surface area contributed by atoms with Crippen LogP contribution in [0.15, 0.2) is 18.2 Å². The fourth-order valence-corrected chi connectivity index (χ4v) is 1.22. The fraction of sp³-hybridized carbons (Fsp3) is 0.385. The van der Waals surface area contributed by atoms with Crippen molar-refractivity contribution in [3.05, 3.63) is 29.6 Å². The van der Waals surface area contributed by atoms with Crippen molar-refractivity contribution in [2.75, 3.05) is 12.4 Å². The molecule has 0 heterocycles. The second kappa shape index (κ2) is 5.16. The second-order valence-corrected chi connectivity index (χ2v) is 4.89. The standard InChI is InChI=1S/C13H16FNO3/c1-13(2,3)12(17)15-10-7-8(14)5-6-9(10)11(16)18-4/h5-7H,1-4H3,(H,15,17). The molecule has 1 aromatic carbocycles. The lowest BCUT2D eigenvalue weighted by molar-refractivity contribution is -0.123. The molecule has 0 bridgehead atoms. The molecule has 0 saturated carbocycles. The van der Waals surface area contributed by atoms with E-state index in [2.05, 4.69) is 10.1 Å². The van der Waals surface area contributed by atoms with E-state index in [0.717, 1.165) is 12.1 Å².